The average Bonchev–Trinajstić information content (AvgIpc) is 2.20. The summed E-state index contributed by atoms with van der Waals surface area (Å²) in [7, 11) is 0. The molecule has 17 heavy (non-hydrogen) atoms. The largest absolute Gasteiger partial charge is 0.0764 e. The Balaban J connectivity index is 4.13. The first-order valence-electron chi connectivity index (χ1n) is 5.99. The van der Waals surface area contributed by atoms with Crippen LogP contribution < -0.4 is 0 Å². The zero-order chi connectivity index (χ0) is 13.1. The van der Waals surface area contributed by atoms with Gasteiger partial charge >= 0.3 is 0 Å². The van der Waals surface area contributed by atoms with Gasteiger partial charge in [0.05, 0.1) is 0 Å². The highest BCUT2D eigenvalue weighted by molar-refractivity contribution is 5.26. The molecule has 0 radical (unpaired) electrons. The molecule has 0 saturated heterocycles. The lowest BCUT2D eigenvalue weighted by Crippen LogP contribution is -1.69. The molecule has 92 valence electrons. The van der Waals surface area contributed by atoms with Crippen molar-refractivity contribution < 1.29 is 0 Å². The van der Waals surface area contributed by atoms with Crippen LogP contribution in [0, 0.1) is 0 Å². The molecule has 0 atom stereocenters. The van der Waals surface area contributed by atoms with Gasteiger partial charge in [-0.3, -0.25) is 0 Å². The molecule has 0 amide bonds. The molecule has 0 aromatic carbocycles. The van der Waals surface area contributed by atoms with Crippen LogP contribution in [-0.4, -0.2) is 0 Å². The van der Waals surface area contributed by atoms with Crippen molar-refractivity contribution in [2.45, 2.75) is 34.6 Å². The van der Waals surface area contributed by atoms with Gasteiger partial charge in [-0.2, -0.15) is 0 Å². The molecule has 0 N–H and O–H groups in total. The standard InChI is InChI=1S/C17H24/c1-15(2)12-10-8-6-7-9-11-13-17(5)14-16(3)4/h6-14H,1-5H3. The molecule has 0 rings (SSSR count). The van der Waals surface area contributed by atoms with Gasteiger partial charge in [0.2, 0.25) is 0 Å². The molecule has 0 aromatic heterocycles. The third-order valence-corrected chi connectivity index (χ3v) is 1.86. The first kappa shape index (κ1) is 15.4. The molecule has 0 fully saturated rings. The van der Waals surface area contributed by atoms with Crippen LogP contribution in [0.2, 0.25) is 0 Å². The van der Waals surface area contributed by atoms with Gasteiger partial charge in [0.15, 0.2) is 0 Å². The highest BCUT2D eigenvalue weighted by Crippen LogP contribution is 2.00. The summed E-state index contributed by atoms with van der Waals surface area (Å²) in [5.41, 5.74) is 3.91. The molecule has 0 heteroatoms. The SMILES string of the molecule is CC(C)=CC=CC=CC=CC=C(C)C=C(C)C. The fraction of sp³-hybridized carbons (Fsp3) is 0.294. The van der Waals surface area contributed by atoms with E-state index in [1.54, 1.807) is 0 Å². The summed E-state index contributed by atoms with van der Waals surface area (Å²) in [6, 6.07) is 0. The lowest BCUT2D eigenvalue weighted by Gasteiger charge is -1.90. The lowest BCUT2D eigenvalue weighted by molar-refractivity contribution is 1.35. The maximum absolute atomic E-state index is 2.17. The summed E-state index contributed by atoms with van der Waals surface area (Å²) in [6.07, 6.45) is 18.6. The summed E-state index contributed by atoms with van der Waals surface area (Å²) in [4.78, 5) is 0. The van der Waals surface area contributed by atoms with Crippen molar-refractivity contribution in [3.8, 4) is 0 Å². The van der Waals surface area contributed by atoms with Crippen LogP contribution in [0.1, 0.15) is 34.6 Å². The van der Waals surface area contributed by atoms with E-state index in [0.717, 1.165) is 0 Å². The Bertz CT molecular complexity index is 374. The summed E-state index contributed by atoms with van der Waals surface area (Å²) in [5, 5.41) is 0. The number of hydrogen-bond donors (Lipinski definition) is 0. The fourth-order valence-electron chi connectivity index (χ4n) is 1.22. The Kier molecular flexibility index (Phi) is 8.77. The maximum atomic E-state index is 2.17. The highest BCUT2D eigenvalue weighted by Gasteiger charge is 1.79. The Hall–Kier alpha value is -1.56. The molecular weight excluding hydrogens is 204 g/mol. The van der Waals surface area contributed by atoms with Crippen molar-refractivity contribution in [2.24, 2.45) is 0 Å². The Labute approximate surface area is 106 Å². The zero-order valence-corrected chi connectivity index (χ0v) is 11.7. The van der Waals surface area contributed by atoms with Gasteiger partial charge in [-0.1, -0.05) is 71.4 Å². The Morgan fingerprint density at radius 3 is 1.47 bits per heavy atom. The molecule has 0 aliphatic rings. The maximum Gasteiger partial charge on any atom is -0.0398 e. The second kappa shape index (κ2) is 9.65. The first-order chi connectivity index (χ1) is 8.02. The number of rotatable bonds is 5. The number of allylic oxidation sites excluding steroid dienone is 12. The summed E-state index contributed by atoms with van der Waals surface area (Å²) in [6.45, 7) is 10.5. The van der Waals surface area contributed by atoms with E-state index in [0.29, 0.717) is 0 Å². The third-order valence-electron chi connectivity index (χ3n) is 1.86. The second-order valence-corrected chi connectivity index (χ2v) is 4.53. The second-order valence-electron chi connectivity index (χ2n) is 4.53. The van der Waals surface area contributed by atoms with Gasteiger partial charge in [-0.05, 0) is 34.6 Å². The Morgan fingerprint density at radius 2 is 1.00 bits per heavy atom. The number of hydrogen-bond acceptors (Lipinski definition) is 0. The van der Waals surface area contributed by atoms with Gasteiger partial charge in [0.25, 0.3) is 0 Å². The van der Waals surface area contributed by atoms with E-state index in [2.05, 4.69) is 58.9 Å². The van der Waals surface area contributed by atoms with Crippen LogP contribution in [0.3, 0.4) is 0 Å². The molecule has 0 spiro atoms. The predicted octanol–water partition coefficient (Wildman–Crippen LogP) is 5.53. The summed E-state index contributed by atoms with van der Waals surface area (Å²) in [5.74, 6) is 0. The van der Waals surface area contributed by atoms with E-state index >= 15 is 0 Å². The minimum absolute atomic E-state index is 1.27. The lowest BCUT2D eigenvalue weighted by atomic mass is 10.2. The van der Waals surface area contributed by atoms with Crippen molar-refractivity contribution in [1.82, 2.24) is 0 Å². The predicted molar refractivity (Wildman–Crippen MR) is 80.0 cm³/mol. The van der Waals surface area contributed by atoms with E-state index in [4.69, 9.17) is 0 Å². The van der Waals surface area contributed by atoms with Crippen LogP contribution in [-0.2, 0) is 0 Å². The van der Waals surface area contributed by atoms with Crippen LogP contribution >= 0.6 is 0 Å². The molecule has 0 aromatic rings. The Morgan fingerprint density at radius 1 is 0.529 bits per heavy atom. The fourth-order valence-corrected chi connectivity index (χ4v) is 1.22. The molecule has 0 saturated carbocycles. The molecule has 0 nitrogen and oxygen atoms in total. The van der Waals surface area contributed by atoms with Gasteiger partial charge < -0.3 is 0 Å². The smallest absolute Gasteiger partial charge is 0.0398 e. The molecule has 0 unspecified atom stereocenters. The molecule has 0 bridgehead atoms. The molecule has 0 aliphatic heterocycles. The van der Waals surface area contributed by atoms with Crippen molar-refractivity contribution >= 4 is 0 Å². The van der Waals surface area contributed by atoms with Gasteiger partial charge in [0.1, 0.15) is 0 Å². The van der Waals surface area contributed by atoms with E-state index in [1.165, 1.54) is 16.7 Å². The van der Waals surface area contributed by atoms with E-state index in [9.17, 15) is 0 Å². The van der Waals surface area contributed by atoms with Crippen LogP contribution in [0.4, 0.5) is 0 Å². The van der Waals surface area contributed by atoms with E-state index in [1.807, 2.05) is 30.4 Å². The summed E-state index contributed by atoms with van der Waals surface area (Å²) < 4.78 is 0. The van der Waals surface area contributed by atoms with Gasteiger partial charge in [0, 0.05) is 0 Å². The topological polar surface area (TPSA) is 0 Å². The third kappa shape index (κ3) is 12.4. The van der Waals surface area contributed by atoms with E-state index < -0.39 is 0 Å². The zero-order valence-electron chi connectivity index (χ0n) is 11.7. The van der Waals surface area contributed by atoms with Crippen molar-refractivity contribution in [2.75, 3.05) is 0 Å². The van der Waals surface area contributed by atoms with Crippen LogP contribution in [0.15, 0.2) is 71.4 Å². The van der Waals surface area contributed by atoms with Crippen molar-refractivity contribution in [3.05, 3.63) is 71.4 Å². The quantitative estimate of drug-likeness (QED) is 0.542. The monoisotopic (exact) mass is 228 g/mol. The van der Waals surface area contributed by atoms with Crippen molar-refractivity contribution in [3.63, 3.8) is 0 Å². The normalized spacial score (nSPS) is 12.6. The van der Waals surface area contributed by atoms with Crippen LogP contribution in [0.25, 0.3) is 0 Å². The highest BCUT2D eigenvalue weighted by atomic mass is 13.9. The minimum Gasteiger partial charge on any atom is -0.0764 e. The minimum atomic E-state index is 1.27. The molecule has 0 aliphatic carbocycles. The van der Waals surface area contributed by atoms with Gasteiger partial charge in [-0.15, -0.1) is 0 Å². The molecule has 0 heterocycles. The molecular formula is C17H24. The van der Waals surface area contributed by atoms with E-state index in [-0.39, 0.29) is 0 Å². The average molecular weight is 228 g/mol. The van der Waals surface area contributed by atoms with Gasteiger partial charge in [-0.25, -0.2) is 0 Å². The summed E-state index contributed by atoms with van der Waals surface area (Å²) >= 11 is 0. The van der Waals surface area contributed by atoms with Crippen LogP contribution in [0.5, 0.6) is 0 Å². The first-order valence-corrected chi connectivity index (χ1v) is 5.99. The van der Waals surface area contributed by atoms with Crippen molar-refractivity contribution in [1.29, 1.82) is 0 Å².